The number of rotatable bonds is 4. The van der Waals surface area contributed by atoms with Crippen molar-refractivity contribution in [2.75, 3.05) is 7.11 Å². The maximum absolute atomic E-state index is 12.3. The highest BCUT2D eigenvalue weighted by Crippen LogP contribution is 2.34. The Balaban J connectivity index is 2.22. The van der Waals surface area contributed by atoms with E-state index in [1.54, 1.807) is 31.4 Å². The van der Waals surface area contributed by atoms with Crippen LogP contribution in [0, 0.1) is 11.8 Å². The smallest absolute Gasteiger partial charge is 0.307 e. The number of Topliss-reactive ketones (excluding diaryl/α,β-unsaturated/α-hetero) is 1. The van der Waals surface area contributed by atoms with Gasteiger partial charge in [-0.3, -0.25) is 9.59 Å². The lowest BCUT2D eigenvalue weighted by atomic mass is 9.88. The molecular formula is C14H16O4. The standard InChI is InChI=1S/C14H16O4/c1-18-10-5-2-4-9(8-10)13(15)11-6-3-7-12(11)14(16)17/h2,4-5,8,11-12H,3,6-7H2,1H3,(H,16,17)/t11-,12+/m0/s1. The van der Waals surface area contributed by atoms with Crippen LogP contribution in [0.1, 0.15) is 29.6 Å². The SMILES string of the molecule is COc1cccc(C(=O)[C@H]2CCC[C@H]2C(=O)O)c1. The number of ether oxygens (including phenoxy) is 1. The van der Waals surface area contributed by atoms with Crippen LogP contribution in [0.3, 0.4) is 0 Å². The van der Waals surface area contributed by atoms with Crippen molar-refractivity contribution in [3.8, 4) is 5.75 Å². The third-order valence-corrected chi connectivity index (χ3v) is 3.52. The molecule has 0 bridgehead atoms. The van der Waals surface area contributed by atoms with Gasteiger partial charge in [-0.2, -0.15) is 0 Å². The first-order valence-electron chi connectivity index (χ1n) is 6.04. The van der Waals surface area contributed by atoms with E-state index < -0.39 is 17.8 Å². The summed E-state index contributed by atoms with van der Waals surface area (Å²) in [7, 11) is 1.54. The third-order valence-electron chi connectivity index (χ3n) is 3.52. The molecule has 0 radical (unpaired) electrons. The molecule has 18 heavy (non-hydrogen) atoms. The Hall–Kier alpha value is -1.84. The molecule has 2 rings (SSSR count). The first kappa shape index (κ1) is 12.6. The first-order valence-corrected chi connectivity index (χ1v) is 6.04. The van der Waals surface area contributed by atoms with Gasteiger partial charge in [0.15, 0.2) is 5.78 Å². The van der Waals surface area contributed by atoms with Crippen LogP contribution in [0.2, 0.25) is 0 Å². The summed E-state index contributed by atoms with van der Waals surface area (Å²) in [6.45, 7) is 0. The van der Waals surface area contributed by atoms with Crippen molar-refractivity contribution >= 4 is 11.8 Å². The van der Waals surface area contributed by atoms with Gasteiger partial charge in [0.1, 0.15) is 5.75 Å². The van der Waals surface area contributed by atoms with Crippen molar-refractivity contribution in [3.63, 3.8) is 0 Å². The summed E-state index contributed by atoms with van der Waals surface area (Å²) in [4.78, 5) is 23.4. The molecule has 0 aliphatic heterocycles. The maximum Gasteiger partial charge on any atom is 0.307 e. The lowest BCUT2D eigenvalue weighted by Crippen LogP contribution is -2.25. The van der Waals surface area contributed by atoms with Gasteiger partial charge < -0.3 is 9.84 Å². The molecule has 1 N–H and O–H groups in total. The number of carbonyl (C=O) groups is 2. The van der Waals surface area contributed by atoms with Crippen LogP contribution in [0.15, 0.2) is 24.3 Å². The van der Waals surface area contributed by atoms with Crippen LogP contribution in [0.25, 0.3) is 0 Å². The zero-order chi connectivity index (χ0) is 13.1. The minimum atomic E-state index is -0.867. The molecule has 1 aliphatic carbocycles. The number of carbonyl (C=O) groups excluding carboxylic acids is 1. The summed E-state index contributed by atoms with van der Waals surface area (Å²) in [6, 6.07) is 6.89. The number of hydrogen-bond acceptors (Lipinski definition) is 3. The van der Waals surface area contributed by atoms with Crippen molar-refractivity contribution in [1.29, 1.82) is 0 Å². The van der Waals surface area contributed by atoms with Gasteiger partial charge >= 0.3 is 5.97 Å². The summed E-state index contributed by atoms with van der Waals surface area (Å²) >= 11 is 0. The van der Waals surface area contributed by atoms with Crippen LogP contribution in [0.5, 0.6) is 5.75 Å². The maximum atomic E-state index is 12.3. The summed E-state index contributed by atoms with van der Waals surface area (Å²) in [6.07, 6.45) is 2.06. The molecule has 1 saturated carbocycles. The predicted octanol–water partition coefficient (Wildman–Crippen LogP) is 2.38. The normalized spacial score (nSPS) is 22.7. The Labute approximate surface area is 106 Å². The molecule has 0 unspecified atom stereocenters. The van der Waals surface area contributed by atoms with Gasteiger partial charge in [0.25, 0.3) is 0 Å². The van der Waals surface area contributed by atoms with Crippen LogP contribution >= 0.6 is 0 Å². The molecule has 4 nitrogen and oxygen atoms in total. The van der Waals surface area contributed by atoms with E-state index in [2.05, 4.69) is 0 Å². The number of ketones is 1. The second kappa shape index (κ2) is 5.21. The molecule has 0 amide bonds. The molecule has 1 fully saturated rings. The topological polar surface area (TPSA) is 63.6 Å². The van der Waals surface area contributed by atoms with Crippen molar-refractivity contribution < 1.29 is 19.4 Å². The Morgan fingerprint density at radius 1 is 1.28 bits per heavy atom. The molecule has 1 aromatic carbocycles. The Morgan fingerprint density at radius 3 is 2.67 bits per heavy atom. The number of aliphatic carboxylic acids is 1. The second-order valence-corrected chi connectivity index (χ2v) is 4.58. The van der Waals surface area contributed by atoms with Gasteiger partial charge in [0.2, 0.25) is 0 Å². The Morgan fingerprint density at radius 2 is 2.00 bits per heavy atom. The number of methoxy groups -OCH3 is 1. The summed E-state index contributed by atoms with van der Waals surface area (Å²) in [5.41, 5.74) is 0.535. The zero-order valence-corrected chi connectivity index (χ0v) is 10.3. The molecule has 2 atom stereocenters. The fourth-order valence-electron chi connectivity index (χ4n) is 2.56. The molecule has 4 heteroatoms. The second-order valence-electron chi connectivity index (χ2n) is 4.58. The lowest BCUT2D eigenvalue weighted by molar-refractivity contribution is -0.142. The van der Waals surface area contributed by atoms with E-state index >= 15 is 0 Å². The van der Waals surface area contributed by atoms with E-state index in [0.717, 1.165) is 6.42 Å². The van der Waals surface area contributed by atoms with Crippen molar-refractivity contribution in [2.45, 2.75) is 19.3 Å². The van der Waals surface area contributed by atoms with Gasteiger partial charge in [-0.1, -0.05) is 18.6 Å². The predicted molar refractivity (Wildman–Crippen MR) is 65.8 cm³/mol. The van der Waals surface area contributed by atoms with E-state index in [-0.39, 0.29) is 5.78 Å². The average molecular weight is 248 g/mol. The van der Waals surface area contributed by atoms with Crippen LogP contribution < -0.4 is 4.74 Å². The molecule has 1 aromatic rings. The summed E-state index contributed by atoms with van der Waals surface area (Å²) < 4.78 is 5.07. The van der Waals surface area contributed by atoms with Gasteiger partial charge in [-0.05, 0) is 25.0 Å². The monoisotopic (exact) mass is 248 g/mol. The van der Waals surface area contributed by atoms with Crippen molar-refractivity contribution in [3.05, 3.63) is 29.8 Å². The highest BCUT2D eigenvalue weighted by Gasteiger charge is 2.37. The first-order chi connectivity index (χ1) is 8.63. The highest BCUT2D eigenvalue weighted by atomic mass is 16.5. The third kappa shape index (κ3) is 2.37. The largest absolute Gasteiger partial charge is 0.497 e. The molecule has 0 aromatic heterocycles. The number of hydrogen-bond donors (Lipinski definition) is 1. The van der Waals surface area contributed by atoms with Crippen LogP contribution in [-0.4, -0.2) is 24.0 Å². The van der Waals surface area contributed by atoms with E-state index in [4.69, 9.17) is 9.84 Å². The minimum Gasteiger partial charge on any atom is -0.497 e. The average Bonchev–Trinajstić information content (AvgIpc) is 2.87. The molecule has 0 saturated heterocycles. The zero-order valence-electron chi connectivity index (χ0n) is 10.3. The molecule has 1 aliphatic rings. The van der Waals surface area contributed by atoms with Crippen LogP contribution in [-0.2, 0) is 4.79 Å². The van der Waals surface area contributed by atoms with Gasteiger partial charge in [-0.25, -0.2) is 0 Å². The molecule has 0 heterocycles. The molecule has 96 valence electrons. The number of carboxylic acids is 1. The summed E-state index contributed by atoms with van der Waals surface area (Å²) in [5, 5.41) is 9.10. The highest BCUT2D eigenvalue weighted by molar-refractivity contribution is 6.00. The number of carboxylic acid groups (broad SMARTS) is 1. The fraction of sp³-hybridized carbons (Fsp3) is 0.429. The van der Waals surface area contributed by atoms with Gasteiger partial charge in [-0.15, -0.1) is 0 Å². The quantitative estimate of drug-likeness (QED) is 0.831. The Bertz CT molecular complexity index is 467. The Kier molecular flexibility index (Phi) is 3.65. The molecular weight excluding hydrogens is 232 g/mol. The van der Waals surface area contributed by atoms with Crippen molar-refractivity contribution in [2.24, 2.45) is 11.8 Å². The van der Waals surface area contributed by atoms with Gasteiger partial charge in [0, 0.05) is 11.5 Å². The van der Waals surface area contributed by atoms with E-state index in [0.29, 0.717) is 24.2 Å². The van der Waals surface area contributed by atoms with Crippen molar-refractivity contribution in [1.82, 2.24) is 0 Å². The van der Waals surface area contributed by atoms with Gasteiger partial charge in [0.05, 0.1) is 13.0 Å². The minimum absolute atomic E-state index is 0.0844. The fourth-order valence-corrected chi connectivity index (χ4v) is 2.56. The van der Waals surface area contributed by atoms with E-state index in [9.17, 15) is 9.59 Å². The van der Waals surface area contributed by atoms with E-state index in [1.165, 1.54) is 0 Å². The van der Waals surface area contributed by atoms with Crippen LogP contribution in [0.4, 0.5) is 0 Å². The number of benzene rings is 1. The summed E-state index contributed by atoms with van der Waals surface area (Å²) in [5.74, 6) is -1.27. The van der Waals surface area contributed by atoms with E-state index in [1.807, 2.05) is 0 Å². The molecule has 0 spiro atoms. The lowest BCUT2D eigenvalue weighted by Gasteiger charge is -2.14.